The molecule has 0 aromatic heterocycles. The monoisotopic (exact) mass is 234 g/mol. The van der Waals surface area contributed by atoms with Crippen molar-refractivity contribution >= 4 is 12.0 Å². The van der Waals surface area contributed by atoms with E-state index in [-0.39, 0.29) is 12.5 Å². The Kier molecular flexibility index (Phi) is 6.04. The Bertz CT molecular complexity index is 357. The lowest BCUT2D eigenvalue weighted by Gasteiger charge is -2.09. The highest BCUT2D eigenvalue weighted by atomic mass is 16.5. The molecule has 0 saturated carbocycles. The first-order valence-corrected chi connectivity index (χ1v) is 5.73. The Hall–Kier alpha value is -1.61. The standard InChI is InChI=1S/C14H18O3/c1-12(9-10-14(15)16)17-11-5-8-13-6-3-2-4-7-13/h2-8,12H,9-11H2,1H3,(H,15,16). The number of hydrogen-bond acceptors (Lipinski definition) is 2. The van der Waals surface area contributed by atoms with Gasteiger partial charge in [-0.1, -0.05) is 42.5 Å². The molecule has 1 aromatic rings. The summed E-state index contributed by atoms with van der Waals surface area (Å²) in [5, 5.41) is 8.51. The van der Waals surface area contributed by atoms with E-state index in [9.17, 15) is 4.79 Å². The Morgan fingerprint density at radius 1 is 1.41 bits per heavy atom. The van der Waals surface area contributed by atoms with E-state index in [1.165, 1.54) is 0 Å². The maximum Gasteiger partial charge on any atom is 0.303 e. The molecule has 1 rings (SSSR count). The van der Waals surface area contributed by atoms with Gasteiger partial charge >= 0.3 is 5.97 Å². The summed E-state index contributed by atoms with van der Waals surface area (Å²) in [5.74, 6) is -0.778. The van der Waals surface area contributed by atoms with E-state index in [4.69, 9.17) is 9.84 Å². The van der Waals surface area contributed by atoms with Crippen LogP contribution in [0, 0.1) is 0 Å². The van der Waals surface area contributed by atoms with E-state index in [1.807, 2.05) is 49.4 Å². The van der Waals surface area contributed by atoms with Crippen molar-refractivity contribution in [3.63, 3.8) is 0 Å². The predicted molar refractivity (Wildman–Crippen MR) is 67.8 cm³/mol. The van der Waals surface area contributed by atoms with Gasteiger partial charge in [-0.3, -0.25) is 4.79 Å². The molecule has 0 radical (unpaired) electrons. The van der Waals surface area contributed by atoms with Crippen molar-refractivity contribution < 1.29 is 14.6 Å². The van der Waals surface area contributed by atoms with E-state index in [1.54, 1.807) is 0 Å². The zero-order valence-corrected chi connectivity index (χ0v) is 10.0. The Labute approximate surface area is 102 Å². The van der Waals surface area contributed by atoms with Crippen LogP contribution in [0.4, 0.5) is 0 Å². The topological polar surface area (TPSA) is 46.5 Å². The highest BCUT2D eigenvalue weighted by Gasteiger charge is 2.04. The van der Waals surface area contributed by atoms with Gasteiger partial charge in [-0.2, -0.15) is 0 Å². The molecule has 0 fully saturated rings. The molecule has 17 heavy (non-hydrogen) atoms. The lowest BCUT2D eigenvalue weighted by molar-refractivity contribution is -0.137. The molecular weight excluding hydrogens is 216 g/mol. The number of ether oxygens (including phenoxy) is 1. The van der Waals surface area contributed by atoms with Crippen LogP contribution in [0.1, 0.15) is 25.3 Å². The van der Waals surface area contributed by atoms with Gasteiger partial charge in [0.05, 0.1) is 12.7 Å². The van der Waals surface area contributed by atoms with Crippen LogP contribution in [0.5, 0.6) is 0 Å². The molecule has 0 heterocycles. The molecule has 0 aliphatic carbocycles. The average molecular weight is 234 g/mol. The number of rotatable bonds is 7. The van der Waals surface area contributed by atoms with Gasteiger partial charge in [-0.05, 0) is 18.9 Å². The molecule has 0 amide bonds. The van der Waals surface area contributed by atoms with Gasteiger partial charge in [-0.25, -0.2) is 0 Å². The Morgan fingerprint density at radius 2 is 2.12 bits per heavy atom. The fraction of sp³-hybridized carbons (Fsp3) is 0.357. The van der Waals surface area contributed by atoms with Crippen molar-refractivity contribution in [2.24, 2.45) is 0 Å². The maximum absolute atomic E-state index is 10.3. The minimum Gasteiger partial charge on any atom is -0.481 e. The van der Waals surface area contributed by atoms with Crippen LogP contribution in [0.2, 0.25) is 0 Å². The van der Waals surface area contributed by atoms with Crippen LogP contribution >= 0.6 is 0 Å². The molecule has 3 heteroatoms. The SMILES string of the molecule is CC(CCC(=O)O)OCC=Cc1ccccc1. The van der Waals surface area contributed by atoms with Crippen molar-refractivity contribution in [1.82, 2.24) is 0 Å². The van der Waals surface area contributed by atoms with Crippen LogP contribution in [0.15, 0.2) is 36.4 Å². The first-order valence-electron chi connectivity index (χ1n) is 5.73. The number of carboxylic acids is 1. The van der Waals surface area contributed by atoms with Crippen LogP contribution < -0.4 is 0 Å². The number of benzene rings is 1. The van der Waals surface area contributed by atoms with E-state index in [0.717, 1.165) is 5.56 Å². The minimum atomic E-state index is -0.778. The lowest BCUT2D eigenvalue weighted by atomic mass is 10.2. The maximum atomic E-state index is 10.3. The smallest absolute Gasteiger partial charge is 0.303 e. The summed E-state index contributed by atoms with van der Waals surface area (Å²) in [6, 6.07) is 9.97. The van der Waals surface area contributed by atoms with E-state index in [0.29, 0.717) is 13.0 Å². The number of hydrogen-bond donors (Lipinski definition) is 1. The average Bonchev–Trinajstić information content (AvgIpc) is 2.33. The number of aliphatic carboxylic acids is 1. The summed E-state index contributed by atoms with van der Waals surface area (Å²) in [7, 11) is 0. The number of carboxylic acid groups (broad SMARTS) is 1. The van der Waals surface area contributed by atoms with Crippen LogP contribution in [0.25, 0.3) is 6.08 Å². The van der Waals surface area contributed by atoms with Gasteiger partial charge in [0, 0.05) is 6.42 Å². The summed E-state index contributed by atoms with van der Waals surface area (Å²) in [4.78, 5) is 10.3. The van der Waals surface area contributed by atoms with Gasteiger partial charge < -0.3 is 9.84 Å². The second kappa shape index (κ2) is 7.63. The first kappa shape index (κ1) is 13.5. The van der Waals surface area contributed by atoms with Gasteiger partial charge in [0.2, 0.25) is 0 Å². The zero-order valence-electron chi connectivity index (χ0n) is 10.0. The highest BCUT2D eigenvalue weighted by molar-refractivity contribution is 5.66. The Morgan fingerprint density at radius 3 is 2.76 bits per heavy atom. The Balaban J connectivity index is 2.19. The molecule has 1 atom stereocenters. The van der Waals surface area contributed by atoms with Crippen LogP contribution in [0.3, 0.4) is 0 Å². The second-order valence-corrected chi connectivity index (χ2v) is 3.89. The summed E-state index contributed by atoms with van der Waals surface area (Å²) in [6.07, 6.45) is 4.61. The van der Waals surface area contributed by atoms with Crippen molar-refractivity contribution in [1.29, 1.82) is 0 Å². The summed E-state index contributed by atoms with van der Waals surface area (Å²) >= 11 is 0. The lowest BCUT2D eigenvalue weighted by Crippen LogP contribution is -2.10. The van der Waals surface area contributed by atoms with Crippen molar-refractivity contribution in [2.75, 3.05) is 6.61 Å². The molecule has 0 spiro atoms. The third-order valence-electron chi connectivity index (χ3n) is 2.35. The molecule has 0 aliphatic heterocycles. The summed E-state index contributed by atoms with van der Waals surface area (Å²) in [6.45, 7) is 2.40. The fourth-order valence-electron chi connectivity index (χ4n) is 1.38. The molecule has 1 N–H and O–H groups in total. The van der Waals surface area contributed by atoms with Crippen molar-refractivity contribution in [3.05, 3.63) is 42.0 Å². The van der Waals surface area contributed by atoms with E-state index < -0.39 is 5.97 Å². The van der Waals surface area contributed by atoms with Gasteiger partial charge in [0.25, 0.3) is 0 Å². The van der Waals surface area contributed by atoms with Crippen LogP contribution in [-0.2, 0) is 9.53 Å². The molecule has 0 saturated heterocycles. The molecule has 1 unspecified atom stereocenters. The molecule has 92 valence electrons. The third-order valence-corrected chi connectivity index (χ3v) is 2.35. The van der Waals surface area contributed by atoms with E-state index >= 15 is 0 Å². The summed E-state index contributed by atoms with van der Waals surface area (Å²) < 4.78 is 5.46. The van der Waals surface area contributed by atoms with Crippen molar-refractivity contribution in [2.45, 2.75) is 25.9 Å². The molecule has 0 aliphatic rings. The predicted octanol–water partition coefficient (Wildman–Crippen LogP) is 2.97. The minimum absolute atomic E-state index is 0.0217. The van der Waals surface area contributed by atoms with Crippen LogP contribution in [-0.4, -0.2) is 23.8 Å². The zero-order chi connectivity index (χ0) is 12.5. The second-order valence-electron chi connectivity index (χ2n) is 3.89. The molecule has 1 aromatic carbocycles. The largest absolute Gasteiger partial charge is 0.481 e. The van der Waals surface area contributed by atoms with Crippen molar-refractivity contribution in [3.8, 4) is 0 Å². The fourth-order valence-corrected chi connectivity index (χ4v) is 1.38. The molecule has 0 bridgehead atoms. The molecule has 3 nitrogen and oxygen atoms in total. The highest BCUT2D eigenvalue weighted by Crippen LogP contribution is 2.03. The van der Waals surface area contributed by atoms with Gasteiger partial charge in [0.1, 0.15) is 0 Å². The van der Waals surface area contributed by atoms with Gasteiger partial charge in [0.15, 0.2) is 0 Å². The normalized spacial score (nSPS) is 12.8. The first-order chi connectivity index (χ1) is 8.18. The van der Waals surface area contributed by atoms with E-state index in [2.05, 4.69) is 0 Å². The van der Waals surface area contributed by atoms with Gasteiger partial charge in [-0.15, -0.1) is 0 Å². The molecular formula is C14H18O3. The summed E-state index contributed by atoms with van der Waals surface area (Å²) in [5.41, 5.74) is 1.13. The quantitative estimate of drug-likeness (QED) is 0.789. The third kappa shape index (κ3) is 6.53. The number of carbonyl (C=O) groups is 1.